The number of nitrogens with one attached hydrogen (secondary N) is 1. The zero-order valence-corrected chi connectivity index (χ0v) is 16.4. The molecule has 0 saturated carbocycles. The number of hydrogen-bond donors (Lipinski definition) is 1. The first kappa shape index (κ1) is 19.3. The Balaban J connectivity index is 2.07. The molecule has 6 heteroatoms. The quantitative estimate of drug-likeness (QED) is 0.706. The van der Waals surface area contributed by atoms with Gasteiger partial charge in [-0.05, 0) is 30.2 Å². The lowest BCUT2D eigenvalue weighted by Gasteiger charge is -2.29. The van der Waals surface area contributed by atoms with E-state index in [9.17, 15) is 9.59 Å². The molecule has 2 amide bonds. The lowest BCUT2D eigenvalue weighted by atomic mass is 10.1. The lowest BCUT2D eigenvalue weighted by molar-refractivity contribution is -0.124. The second-order valence-electron chi connectivity index (χ2n) is 6.62. The van der Waals surface area contributed by atoms with Crippen molar-refractivity contribution < 1.29 is 9.59 Å². The maximum Gasteiger partial charge on any atom is 0.265 e. The highest BCUT2D eigenvalue weighted by Gasteiger charge is 2.42. The van der Waals surface area contributed by atoms with Crippen LogP contribution in [-0.2, 0) is 4.79 Å². The van der Waals surface area contributed by atoms with E-state index in [1.807, 2.05) is 22.4 Å². The Hall–Kier alpha value is -1.01. The predicted octanol–water partition coefficient (Wildman–Crippen LogP) is 3.98. The molecule has 1 aromatic heterocycles. The van der Waals surface area contributed by atoms with Crippen molar-refractivity contribution in [2.75, 3.05) is 12.3 Å². The van der Waals surface area contributed by atoms with Gasteiger partial charge in [-0.25, -0.2) is 0 Å². The molecule has 1 aromatic rings. The van der Waals surface area contributed by atoms with Crippen molar-refractivity contribution in [3.05, 3.63) is 22.4 Å². The average molecular weight is 369 g/mol. The van der Waals surface area contributed by atoms with Crippen molar-refractivity contribution in [1.82, 2.24) is 10.2 Å². The molecule has 2 rings (SSSR count). The lowest BCUT2D eigenvalue weighted by Crippen LogP contribution is -2.50. The van der Waals surface area contributed by atoms with Gasteiger partial charge in [-0.3, -0.25) is 9.59 Å². The van der Waals surface area contributed by atoms with Crippen LogP contribution >= 0.6 is 23.1 Å². The van der Waals surface area contributed by atoms with E-state index in [4.69, 9.17) is 0 Å². The summed E-state index contributed by atoms with van der Waals surface area (Å²) in [5.74, 6) is 1.17. The molecule has 2 atom stereocenters. The summed E-state index contributed by atoms with van der Waals surface area (Å²) in [6, 6.07) is 3.38. The second-order valence-corrected chi connectivity index (χ2v) is 8.78. The normalized spacial score (nSPS) is 20.6. The number of thiophene rings is 1. The molecule has 1 aliphatic rings. The fourth-order valence-corrected chi connectivity index (χ4v) is 5.16. The smallest absolute Gasteiger partial charge is 0.265 e. The van der Waals surface area contributed by atoms with Crippen molar-refractivity contribution in [2.45, 2.75) is 57.9 Å². The number of thioether (sulfide) groups is 1. The summed E-state index contributed by atoms with van der Waals surface area (Å²) in [6.07, 6.45) is 4.17. The van der Waals surface area contributed by atoms with Crippen LogP contribution in [0, 0.1) is 5.92 Å². The molecule has 4 nitrogen and oxygen atoms in total. The van der Waals surface area contributed by atoms with Gasteiger partial charge in [-0.2, -0.15) is 0 Å². The number of nitrogens with zero attached hydrogens (tertiary/aromatic N) is 1. The Morgan fingerprint density at radius 2 is 2.17 bits per heavy atom. The SMILES string of the molecule is CCCCCNC(=O)C1CSC(CC(C)C)N1C(=O)c1cccs1. The van der Waals surface area contributed by atoms with Crippen LogP contribution in [0.5, 0.6) is 0 Å². The zero-order valence-electron chi connectivity index (χ0n) is 14.8. The summed E-state index contributed by atoms with van der Waals surface area (Å²) in [5.41, 5.74) is 0. The molecule has 2 unspecified atom stereocenters. The average Bonchev–Trinajstić information content (AvgIpc) is 3.20. The number of amides is 2. The summed E-state index contributed by atoms with van der Waals surface area (Å²) in [7, 11) is 0. The standard InChI is InChI=1S/C18H28N2O2S2/c1-4-5-6-9-19-17(21)14-12-24-16(11-13(2)3)20(14)18(22)15-8-7-10-23-15/h7-8,10,13-14,16H,4-6,9,11-12H2,1-3H3,(H,19,21). The fraction of sp³-hybridized carbons (Fsp3) is 0.667. The van der Waals surface area contributed by atoms with Crippen LogP contribution in [0.3, 0.4) is 0 Å². The fourth-order valence-electron chi connectivity index (χ4n) is 2.85. The number of carbonyl (C=O) groups is 2. The Bertz CT molecular complexity index is 531. The molecule has 24 heavy (non-hydrogen) atoms. The summed E-state index contributed by atoms with van der Waals surface area (Å²) < 4.78 is 0. The van der Waals surface area contributed by atoms with Crippen LogP contribution < -0.4 is 5.32 Å². The first-order valence-electron chi connectivity index (χ1n) is 8.80. The van der Waals surface area contributed by atoms with Crippen LogP contribution in [0.25, 0.3) is 0 Å². The van der Waals surface area contributed by atoms with E-state index in [0.29, 0.717) is 18.2 Å². The minimum absolute atomic E-state index is 0.00485. The van der Waals surface area contributed by atoms with Crippen LogP contribution in [0.1, 0.15) is 56.1 Å². The van der Waals surface area contributed by atoms with E-state index in [0.717, 1.165) is 30.6 Å². The highest BCUT2D eigenvalue weighted by Crippen LogP contribution is 2.35. The monoisotopic (exact) mass is 368 g/mol. The molecule has 0 aliphatic carbocycles. The first-order chi connectivity index (χ1) is 11.5. The second kappa shape index (κ2) is 9.47. The van der Waals surface area contributed by atoms with E-state index in [2.05, 4.69) is 26.1 Å². The van der Waals surface area contributed by atoms with E-state index >= 15 is 0 Å². The third-order valence-corrected chi connectivity index (χ3v) is 6.28. The molecule has 0 bridgehead atoms. The number of carbonyl (C=O) groups excluding carboxylic acids is 2. The first-order valence-corrected chi connectivity index (χ1v) is 10.7. The Kier molecular flexibility index (Phi) is 7.62. The highest BCUT2D eigenvalue weighted by molar-refractivity contribution is 8.00. The van der Waals surface area contributed by atoms with E-state index in [-0.39, 0.29) is 23.2 Å². The molecule has 1 fully saturated rings. The highest BCUT2D eigenvalue weighted by atomic mass is 32.2. The van der Waals surface area contributed by atoms with Crippen LogP contribution in [0.15, 0.2) is 17.5 Å². The Morgan fingerprint density at radius 3 is 2.79 bits per heavy atom. The maximum absolute atomic E-state index is 12.9. The van der Waals surface area contributed by atoms with E-state index < -0.39 is 0 Å². The number of rotatable bonds is 8. The van der Waals surface area contributed by atoms with Crippen molar-refractivity contribution in [3.63, 3.8) is 0 Å². The minimum atomic E-state index is -0.352. The molecule has 1 saturated heterocycles. The molecule has 0 spiro atoms. The zero-order chi connectivity index (χ0) is 17.5. The Labute approximate surface area is 153 Å². The molecule has 0 aromatic carbocycles. The van der Waals surface area contributed by atoms with E-state index in [1.165, 1.54) is 11.3 Å². The van der Waals surface area contributed by atoms with Gasteiger partial charge in [0.05, 0.1) is 10.3 Å². The summed E-state index contributed by atoms with van der Waals surface area (Å²) in [6.45, 7) is 7.16. The van der Waals surface area contributed by atoms with Gasteiger partial charge in [0.15, 0.2) is 0 Å². The minimum Gasteiger partial charge on any atom is -0.354 e. The summed E-state index contributed by atoms with van der Waals surface area (Å²) in [4.78, 5) is 28.1. The molecule has 134 valence electrons. The largest absolute Gasteiger partial charge is 0.354 e. The predicted molar refractivity (Wildman–Crippen MR) is 103 cm³/mol. The van der Waals surface area contributed by atoms with Crippen LogP contribution in [-0.4, -0.2) is 40.4 Å². The van der Waals surface area contributed by atoms with Crippen LogP contribution in [0.2, 0.25) is 0 Å². The molecule has 0 radical (unpaired) electrons. The van der Waals surface area contributed by atoms with Gasteiger partial charge < -0.3 is 10.2 Å². The van der Waals surface area contributed by atoms with E-state index in [1.54, 1.807) is 11.8 Å². The van der Waals surface area contributed by atoms with Gasteiger partial charge in [0.2, 0.25) is 5.91 Å². The van der Waals surface area contributed by atoms with Gasteiger partial charge in [-0.1, -0.05) is 39.7 Å². The van der Waals surface area contributed by atoms with Crippen molar-refractivity contribution >= 4 is 34.9 Å². The third kappa shape index (κ3) is 4.99. The molecule has 1 aliphatic heterocycles. The number of unbranched alkanes of at least 4 members (excludes halogenated alkanes) is 2. The van der Waals surface area contributed by atoms with Crippen molar-refractivity contribution in [3.8, 4) is 0 Å². The van der Waals surface area contributed by atoms with Crippen LogP contribution in [0.4, 0.5) is 0 Å². The molecule has 2 heterocycles. The Morgan fingerprint density at radius 1 is 1.38 bits per heavy atom. The summed E-state index contributed by atoms with van der Waals surface area (Å²) >= 11 is 3.18. The van der Waals surface area contributed by atoms with Gasteiger partial charge in [0.25, 0.3) is 5.91 Å². The molecule has 1 N–H and O–H groups in total. The molecular weight excluding hydrogens is 340 g/mol. The molecular formula is C18H28N2O2S2. The van der Waals surface area contributed by atoms with Crippen molar-refractivity contribution in [2.24, 2.45) is 5.92 Å². The van der Waals surface area contributed by atoms with Gasteiger partial charge in [0.1, 0.15) is 6.04 Å². The van der Waals surface area contributed by atoms with Gasteiger partial charge in [-0.15, -0.1) is 23.1 Å². The van der Waals surface area contributed by atoms with Gasteiger partial charge in [0, 0.05) is 12.3 Å². The third-order valence-electron chi connectivity index (χ3n) is 4.11. The maximum atomic E-state index is 12.9. The number of hydrogen-bond acceptors (Lipinski definition) is 4. The topological polar surface area (TPSA) is 49.4 Å². The summed E-state index contributed by atoms with van der Waals surface area (Å²) in [5, 5.41) is 5.02. The van der Waals surface area contributed by atoms with Gasteiger partial charge >= 0.3 is 0 Å². The van der Waals surface area contributed by atoms with Crippen molar-refractivity contribution in [1.29, 1.82) is 0 Å².